The van der Waals surface area contributed by atoms with Crippen molar-refractivity contribution < 1.29 is 4.74 Å². The molecule has 2 aromatic carbocycles. The molecule has 0 amide bonds. The van der Waals surface area contributed by atoms with Gasteiger partial charge in [-0.3, -0.25) is 4.98 Å². The van der Waals surface area contributed by atoms with E-state index in [0.29, 0.717) is 5.82 Å². The molecule has 1 saturated heterocycles. The van der Waals surface area contributed by atoms with Crippen LogP contribution >= 0.6 is 0 Å². The molecular formula is C24H22N4O. The first-order valence-electron chi connectivity index (χ1n) is 9.90. The molecule has 0 saturated carbocycles. The number of morpholine rings is 1. The van der Waals surface area contributed by atoms with Crippen molar-refractivity contribution in [2.45, 2.75) is 19.1 Å². The van der Waals surface area contributed by atoms with Gasteiger partial charge in [-0.05, 0) is 36.8 Å². The summed E-state index contributed by atoms with van der Waals surface area (Å²) in [6.45, 7) is 3.66. The number of para-hydroxylation sites is 1. The monoisotopic (exact) mass is 382 g/mol. The van der Waals surface area contributed by atoms with Gasteiger partial charge in [0.05, 0.1) is 11.6 Å². The fourth-order valence-corrected chi connectivity index (χ4v) is 3.90. The Bertz CT molecular complexity index is 1120. The fourth-order valence-electron chi connectivity index (χ4n) is 3.90. The standard InChI is InChI=1S/C24H22N4O/c1-17-15-28(16-22(29-17)18-8-3-2-4-9-18)24-20-11-5-6-12-21(20)26-23(27-24)19-10-7-13-25-14-19/h2-14,17,22H,15-16H2,1H3. The maximum absolute atomic E-state index is 6.26. The zero-order valence-corrected chi connectivity index (χ0v) is 16.3. The van der Waals surface area contributed by atoms with E-state index >= 15 is 0 Å². The van der Waals surface area contributed by atoms with E-state index in [2.05, 4.69) is 47.1 Å². The molecule has 1 aliphatic heterocycles. The third-order valence-electron chi connectivity index (χ3n) is 5.23. The number of pyridine rings is 1. The van der Waals surface area contributed by atoms with Crippen LogP contribution in [0.25, 0.3) is 22.3 Å². The zero-order valence-electron chi connectivity index (χ0n) is 16.3. The lowest BCUT2D eigenvalue weighted by Crippen LogP contribution is -2.43. The van der Waals surface area contributed by atoms with Crippen LogP contribution in [0.3, 0.4) is 0 Å². The van der Waals surface area contributed by atoms with Crippen molar-refractivity contribution in [3.8, 4) is 11.4 Å². The van der Waals surface area contributed by atoms with E-state index in [4.69, 9.17) is 14.7 Å². The van der Waals surface area contributed by atoms with Crippen LogP contribution in [-0.4, -0.2) is 34.1 Å². The van der Waals surface area contributed by atoms with Crippen molar-refractivity contribution in [2.24, 2.45) is 0 Å². The summed E-state index contributed by atoms with van der Waals surface area (Å²) in [6, 6.07) is 22.5. The summed E-state index contributed by atoms with van der Waals surface area (Å²) in [7, 11) is 0. The quantitative estimate of drug-likeness (QED) is 0.516. The lowest BCUT2D eigenvalue weighted by Gasteiger charge is -2.38. The van der Waals surface area contributed by atoms with Gasteiger partial charge < -0.3 is 9.64 Å². The van der Waals surface area contributed by atoms with Crippen molar-refractivity contribution in [2.75, 3.05) is 18.0 Å². The van der Waals surface area contributed by atoms with E-state index in [-0.39, 0.29) is 12.2 Å². The number of aromatic nitrogens is 3. The van der Waals surface area contributed by atoms with Crippen molar-refractivity contribution in [3.63, 3.8) is 0 Å². The Balaban J connectivity index is 1.59. The second kappa shape index (κ2) is 7.60. The zero-order chi connectivity index (χ0) is 19.6. The van der Waals surface area contributed by atoms with Gasteiger partial charge in [0.1, 0.15) is 11.9 Å². The number of nitrogens with zero attached hydrogens (tertiary/aromatic N) is 4. The second-order valence-electron chi connectivity index (χ2n) is 7.38. The molecule has 29 heavy (non-hydrogen) atoms. The van der Waals surface area contributed by atoms with Crippen molar-refractivity contribution in [1.29, 1.82) is 0 Å². The van der Waals surface area contributed by atoms with Crippen LogP contribution in [0.15, 0.2) is 79.1 Å². The molecule has 5 nitrogen and oxygen atoms in total. The number of hydrogen-bond acceptors (Lipinski definition) is 5. The van der Waals surface area contributed by atoms with Crippen molar-refractivity contribution in [1.82, 2.24) is 15.0 Å². The summed E-state index contributed by atoms with van der Waals surface area (Å²) in [4.78, 5) is 16.3. The van der Waals surface area contributed by atoms with Gasteiger partial charge in [0.2, 0.25) is 0 Å². The largest absolute Gasteiger partial charge is 0.367 e. The predicted molar refractivity (Wildman–Crippen MR) is 115 cm³/mol. The molecule has 0 spiro atoms. The predicted octanol–water partition coefficient (Wildman–Crippen LogP) is 4.66. The minimum atomic E-state index is 0.00974. The van der Waals surface area contributed by atoms with Crippen LogP contribution in [0.1, 0.15) is 18.6 Å². The summed E-state index contributed by atoms with van der Waals surface area (Å²) in [5, 5.41) is 1.06. The SMILES string of the molecule is CC1CN(c2nc(-c3cccnc3)nc3ccccc23)CC(c2ccccc2)O1. The number of fused-ring (bicyclic) bond motifs is 1. The molecular weight excluding hydrogens is 360 g/mol. The summed E-state index contributed by atoms with van der Waals surface area (Å²) in [5.74, 6) is 1.65. The Kier molecular flexibility index (Phi) is 4.66. The molecule has 2 aromatic heterocycles. The van der Waals surface area contributed by atoms with Gasteiger partial charge in [-0.15, -0.1) is 0 Å². The van der Waals surface area contributed by atoms with Gasteiger partial charge in [0.15, 0.2) is 5.82 Å². The molecule has 144 valence electrons. The van der Waals surface area contributed by atoms with E-state index in [0.717, 1.165) is 35.4 Å². The van der Waals surface area contributed by atoms with Gasteiger partial charge in [-0.2, -0.15) is 0 Å². The minimum Gasteiger partial charge on any atom is -0.367 e. The number of ether oxygens (including phenoxy) is 1. The first kappa shape index (κ1) is 17.8. The van der Waals surface area contributed by atoms with Gasteiger partial charge in [-0.25, -0.2) is 9.97 Å². The van der Waals surface area contributed by atoms with Crippen molar-refractivity contribution >= 4 is 16.7 Å². The van der Waals surface area contributed by atoms with E-state index < -0.39 is 0 Å². The normalized spacial score (nSPS) is 19.4. The van der Waals surface area contributed by atoms with E-state index in [9.17, 15) is 0 Å². The average Bonchev–Trinajstić information content (AvgIpc) is 2.79. The third-order valence-corrected chi connectivity index (χ3v) is 5.23. The Morgan fingerprint density at radius 1 is 0.897 bits per heavy atom. The summed E-state index contributed by atoms with van der Waals surface area (Å²) >= 11 is 0. The molecule has 1 aliphatic rings. The minimum absolute atomic E-state index is 0.00974. The molecule has 5 heteroatoms. The molecule has 1 fully saturated rings. The molecule has 3 heterocycles. The van der Waals surface area contributed by atoms with Crippen LogP contribution in [-0.2, 0) is 4.74 Å². The van der Waals surface area contributed by atoms with E-state index in [1.165, 1.54) is 5.56 Å². The molecule has 4 aromatic rings. The number of rotatable bonds is 3. The highest BCUT2D eigenvalue weighted by Gasteiger charge is 2.28. The van der Waals surface area contributed by atoms with Crippen LogP contribution in [0.4, 0.5) is 5.82 Å². The summed E-state index contributed by atoms with van der Waals surface area (Å²) < 4.78 is 6.26. The van der Waals surface area contributed by atoms with Crippen LogP contribution < -0.4 is 4.90 Å². The first-order chi connectivity index (χ1) is 14.3. The van der Waals surface area contributed by atoms with E-state index in [1.54, 1.807) is 6.20 Å². The Morgan fingerprint density at radius 3 is 2.55 bits per heavy atom. The van der Waals surface area contributed by atoms with Gasteiger partial charge in [0, 0.05) is 36.4 Å². The molecule has 0 radical (unpaired) electrons. The second-order valence-corrected chi connectivity index (χ2v) is 7.38. The van der Waals surface area contributed by atoms with Crippen molar-refractivity contribution in [3.05, 3.63) is 84.7 Å². The average molecular weight is 382 g/mol. The highest BCUT2D eigenvalue weighted by Crippen LogP contribution is 2.32. The lowest BCUT2D eigenvalue weighted by molar-refractivity contribution is -0.0175. The molecule has 2 atom stereocenters. The highest BCUT2D eigenvalue weighted by atomic mass is 16.5. The molecule has 0 aliphatic carbocycles. The number of hydrogen-bond donors (Lipinski definition) is 0. The van der Waals surface area contributed by atoms with Crippen LogP contribution in [0.2, 0.25) is 0 Å². The van der Waals surface area contributed by atoms with Crippen LogP contribution in [0.5, 0.6) is 0 Å². The maximum atomic E-state index is 6.26. The lowest BCUT2D eigenvalue weighted by atomic mass is 10.1. The number of anilines is 1. The van der Waals surface area contributed by atoms with Gasteiger partial charge in [-0.1, -0.05) is 42.5 Å². The first-order valence-corrected chi connectivity index (χ1v) is 9.90. The molecule has 0 N–H and O–H groups in total. The third kappa shape index (κ3) is 3.57. The smallest absolute Gasteiger partial charge is 0.163 e. The Hall–Kier alpha value is -3.31. The molecule has 0 bridgehead atoms. The van der Waals surface area contributed by atoms with E-state index in [1.807, 2.05) is 42.6 Å². The number of benzene rings is 2. The topological polar surface area (TPSA) is 51.1 Å². The Labute approximate surface area is 170 Å². The maximum Gasteiger partial charge on any atom is 0.163 e. The molecule has 2 unspecified atom stereocenters. The summed E-state index contributed by atoms with van der Waals surface area (Å²) in [5.41, 5.74) is 3.04. The van der Waals surface area contributed by atoms with Gasteiger partial charge >= 0.3 is 0 Å². The highest BCUT2D eigenvalue weighted by molar-refractivity contribution is 5.91. The fraction of sp³-hybridized carbons (Fsp3) is 0.208. The Morgan fingerprint density at radius 2 is 1.72 bits per heavy atom. The molecule has 5 rings (SSSR count). The van der Waals surface area contributed by atoms with Crippen LogP contribution in [0, 0.1) is 0 Å². The van der Waals surface area contributed by atoms with Gasteiger partial charge in [0.25, 0.3) is 0 Å². The summed E-state index contributed by atoms with van der Waals surface area (Å²) in [6.07, 6.45) is 3.68.